The lowest BCUT2D eigenvalue weighted by molar-refractivity contribution is -0.142. The van der Waals surface area contributed by atoms with Crippen LogP contribution in [0.5, 0.6) is 5.75 Å². The first kappa shape index (κ1) is 21.1. The second-order valence-electron chi connectivity index (χ2n) is 5.60. The maximum Gasteiger partial charge on any atom is 0.401 e. The van der Waals surface area contributed by atoms with Crippen molar-refractivity contribution in [2.24, 2.45) is 4.99 Å². The fourth-order valence-electron chi connectivity index (χ4n) is 2.28. The molecule has 0 heterocycles. The largest absolute Gasteiger partial charge is 0.496 e. The second-order valence-corrected chi connectivity index (χ2v) is 5.60. The smallest absolute Gasteiger partial charge is 0.401 e. The van der Waals surface area contributed by atoms with Gasteiger partial charge in [-0.15, -0.1) is 0 Å². The predicted octanol–water partition coefficient (Wildman–Crippen LogP) is 2.29. The molecule has 0 aliphatic heterocycles. The van der Waals surface area contributed by atoms with Crippen LogP contribution in [0.2, 0.25) is 0 Å². The van der Waals surface area contributed by atoms with Crippen LogP contribution >= 0.6 is 0 Å². The Bertz CT molecular complexity index is 535. The molecule has 2 N–H and O–H groups in total. The van der Waals surface area contributed by atoms with E-state index in [1.54, 1.807) is 7.11 Å². The highest BCUT2D eigenvalue weighted by molar-refractivity contribution is 5.79. The Balaban J connectivity index is 2.45. The van der Waals surface area contributed by atoms with Gasteiger partial charge in [0.2, 0.25) is 0 Å². The zero-order valence-corrected chi connectivity index (χ0v) is 15.0. The van der Waals surface area contributed by atoms with Gasteiger partial charge in [-0.1, -0.05) is 18.2 Å². The highest BCUT2D eigenvalue weighted by Crippen LogP contribution is 2.17. The number of aliphatic imine (C=N–C) groups is 1. The maximum absolute atomic E-state index is 12.3. The molecule has 0 saturated carbocycles. The summed E-state index contributed by atoms with van der Waals surface area (Å²) in [5, 5.41) is 6.27. The van der Waals surface area contributed by atoms with Gasteiger partial charge in [0.1, 0.15) is 5.75 Å². The fraction of sp³-hybridized carbons (Fsp3) is 0.588. The topological polar surface area (TPSA) is 48.9 Å². The summed E-state index contributed by atoms with van der Waals surface area (Å²) in [6.07, 6.45) is -3.43. The molecule has 0 unspecified atom stereocenters. The summed E-state index contributed by atoms with van der Waals surface area (Å²) >= 11 is 0. The van der Waals surface area contributed by atoms with Crippen LogP contribution in [0.4, 0.5) is 13.2 Å². The number of halogens is 3. The van der Waals surface area contributed by atoms with Crippen molar-refractivity contribution in [3.05, 3.63) is 29.8 Å². The quantitative estimate of drug-likeness (QED) is 0.524. The van der Waals surface area contributed by atoms with E-state index in [9.17, 15) is 13.2 Å². The summed E-state index contributed by atoms with van der Waals surface area (Å²) in [6.45, 7) is 2.86. The van der Waals surface area contributed by atoms with Gasteiger partial charge in [-0.3, -0.25) is 9.89 Å². The predicted molar refractivity (Wildman–Crippen MR) is 94.2 cm³/mol. The van der Waals surface area contributed by atoms with E-state index in [0.717, 1.165) is 17.7 Å². The van der Waals surface area contributed by atoms with Crippen LogP contribution in [0.15, 0.2) is 29.3 Å². The molecule has 0 amide bonds. The van der Waals surface area contributed by atoms with Gasteiger partial charge in [-0.2, -0.15) is 13.2 Å². The second kappa shape index (κ2) is 10.8. The average molecular weight is 360 g/mol. The van der Waals surface area contributed by atoms with Gasteiger partial charge < -0.3 is 15.4 Å². The lowest BCUT2D eigenvalue weighted by Gasteiger charge is -2.18. The number of ether oxygens (including phenoxy) is 1. The summed E-state index contributed by atoms with van der Waals surface area (Å²) in [6, 6.07) is 7.77. The van der Waals surface area contributed by atoms with Gasteiger partial charge in [0, 0.05) is 19.6 Å². The van der Waals surface area contributed by atoms with E-state index in [0.29, 0.717) is 19.0 Å². The normalized spacial score (nSPS) is 12.4. The lowest BCUT2D eigenvalue weighted by atomic mass is 10.1. The first-order chi connectivity index (χ1) is 11.9. The molecule has 0 aromatic heterocycles. The number of para-hydroxylation sites is 1. The van der Waals surface area contributed by atoms with Crippen molar-refractivity contribution in [3.63, 3.8) is 0 Å². The van der Waals surface area contributed by atoms with E-state index < -0.39 is 12.7 Å². The number of nitrogens with zero attached hydrogens (tertiary/aromatic N) is 2. The van der Waals surface area contributed by atoms with Gasteiger partial charge in [0.25, 0.3) is 0 Å². The lowest BCUT2D eigenvalue weighted by Crippen LogP contribution is -2.39. The number of alkyl halides is 3. The summed E-state index contributed by atoms with van der Waals surface area (Å²) in [7, 11) is 3.07. The molecular formula is C17H27F3N4O. The standard InChI is InChI=1S/C17H27F3N4O/c1-4-21-16(23-11-12-24(2)13-17(18,19)20)22-10-9-14-7-5-6-8-15(14)25-3/h5-8H,4,9-13H2,1-3H3,(H2,21,22,23). The van der Waals surface area contributed by atoms with Gasteiger partial charge >= 0.3 is 6.18 Å². The van der Waals surface area contributed by atoms with Gasteiger partial charge in [0.05, 0.1) is 20.2 Å². The molecular weight excluding hydrogens is 333 g/mol. The third kappa shape index (κ3) is 9.19. The number of hydrogen-bond acceptors (Lipinski definition) is 3. The molecule has 0 radical (unpaired) electrons. The molecule has 25 heavy (non-hydrogen) atoms. The average Bonchev–Trinajstić information content (AvgIpc) is 2.53. The number of benzene rings is 1. The zero-order chi connectivity index (χ0) is 18.7. The van der Waals surface area contributed by atoms with Crippen LogP contribution in [-0.2, 0) is 6.42 Å². The maximum atomic E-state index is 12.3. The SMILES string of the molecule is CCNC(=NCCN(C)CC(F)(F)F)NCCc1ccccc1OC. The van der Waals surface area contributed by atoms with E-state index in [2.05, 4.69) is 15.6 Å². The van der Waals surface area contributed by atoms with E-state index in [-0.39, 0.29) is 13.1 Å². The third-order valence-electron chi connectivity index (χ3n) is 3.42. The van der Waals surface area contributed by atoms with E-state index in [1.165, 1.54) is 11.9 Å². The number of methoxy groups -OCH3 is 1. The Morgan fingerprint density at radius 2 is 1.96 bits per heavy atom. The summed E-state index contributed by atoms with van der Waals surface area (Å²) in [5.74, 6) is 1.43. The summed E-state index contributed by atoms with van der Waals surface area (Å²) in [5.41, 5.74) is 1.08. The molecule has 0 atom stereocenters. The molecule has 142 valence electrons. The monoisotopic (exact) mass is 360 g/mol. The van der Waals surface area contributed by atoms with Crippen LogP contribution in [0.25, 0.3) is 0 Å². The summed E-state index contributed by atoms with van der Waals surface area (Å²) < 4.78 is 42.2. The fourth-order valence-corrected chi connectivity index (χ4v) is 2.28. The third-order valence-corrected chi connectivity index (χ3v) is 3.42. The molecule has 1 rings (SSSR count). The Labute approximate surface area is 147 Å². The van der Waals surface area contributed by atoms with E-state index in [4.69, 9.17) is 4.74 Å². The first-order valence-corrected chi connectivity index (χ1v) is 8.25. The Hall–Kier alpha value is -1.96. The van der Waals surface area contributed by atoms with E-state index >= 15 is 0 Å². The number of guanidine groups is 1. The van der Waals surface area contributed by atoms with Crippen molar-refractivity contribution < 1.29 is 17.9 Å². The van der Waals surface area contributed by atoms with E-state index in [1.807, 2.05) is 31.2 Å². The Morgan fingerprint density at radius 3 is 2.60 bits per heavy atom. The van der Waals surface area contributed by atoms with Crippen LogP contribution < -0.4 is 15.4 Å². The van der Waals surface area contributed by atoms with Crippen LogP contribution in [0.1, 0.15) is 12.5 Å². The van der Waals surface area contributed by atoms with Crippen molar-refractivity contribution in [2.75, 3.05) is 46.9 Å². The highest BCUT2D eigenvalue weighted by Gasteiger charge is 2.28. The molecule has 0 saturated heterocycles. The van der Waals surface area contributed by atoms with Crippen molar-refractivity contribution in [1.29, 1.82) is 0 Å². The molecule has 0 spiro atoms. The molecule has 8 heteroatoms. The van der Waals surface area contributed by atoms with Crippen molar-refractivity contribution >= 4 is 5.96 Å². The minimum absolute atomic E-state index is 0.239. The van der Waals surface area contributed by atoms with Crippen molar-refractivity contribution in [1.82, 2.24) is 15.5 Å². The van der Waals surface area contributed by atoms with Crippen LogP contribution in [0.3, 0.4) is 0 Å². The first-order valence-electron chi connectivity index (χ1n) is 8.25. The Kier molecular flexibility index (Phi) is 9.12. The molecule has 5 nitrogen and oxygen atoms in total. The zero-order valence-electron chi connectivity index (χ0n) is 15.0. The minimum Gasteiger partial charge on any atom is -0.496 e. The van der Waals surface area contributed by atoms with Crippen molar-refractivity contribution in [3.8, 4) is 5.75 Å². The molecule has 0 fully saturated rings. The molecule has 1 aromatic rings. The number of nitrogens with one attached hydrogen (secondary N) is 2. The van der Waals surface area contributed by atoms with Crippen LogP contribution in [-0.4, -0.2) is 63.9 Å². The number of hydrogen-bond donors (Lipinski definition) is 2. The number of rotatable bonds is 9. The summed E-state index contributed by atoms with van der Waals surface area (Å²) in [4.78, 5) is 5.52. The van der Waals surface area contributed by atoms with Gasteiger partial charge in [-0.25, -0.2) is 0 Å². The molecule has 1 aromatic carbocycles. The molecule has 0 aliphatic rings. The Morgan fingerprint density at radius 1 is 1.24 bits per heavy atom. The molecule has 0 bridgehead atoms. The highest BCUT2D eigenvalue weighted by atomic mass is 19.4. The van der Waals surface area contributed by atoms with Gasteiger partial charge in [-0.05, 0) is 32.0 Å². The van der Waals surface area contributed by atoms with Crippen molar-refractivity contribution in [2.45, 2.75) is 19.5 Å². The van der Waals surface area contributed by atoms with Gasteiger partial charge in [0.15, 0.2) is 5.96 Å². The molecule has 0 aliphatic carbocycles. The minimum atomic E-state index is -4.18. The van der Waals surface area contributed by atoms with Crippen LogP contribution in [0, 0.1) is 0 Å². The number of likely N-dealkylation sites (N-methyl/N-ethyl adjacent to an activating group) is 1.